The molecule has 0 unspecified atom stereocenters. The van der Waals surface area contributed by atoms with Gasteiger partial charge in [-0.05, 0) is 56.2 Å². The first-order valence-corrected chi connectivity index (χ1v) is 6.69. The van der Waals surface area contributed by atoms with Crippen molar-refractivity contribution in [1.29, 1.82) is 0 Å². The van der Waals surface area contributed by atoms with Crippen LogP contribution in [0.3, 0.4) is 0 Å². The Bertz CT molecular complexity index is 404. The number of nitrogens with zero attached hydrogens (tertiary/aromatic N) is 3. The molecule has 1 fully saturated rings. The third kappa shape index (κ3) is 3.64. The summed E-state index contributed by atoms with van der Waals surface area (Å²) >= 11 is 0. The van der Waals surface area contributed by atoms with E-state index in [0.29, 0.717) is 24.2 Å². The molecule has 6 nitrogen and oxygen atoms in total. The summed E-state index contributed by atoms with van der Waals surface area (Å²) in [7, 11) is 0. The van der Waals surface area contributed by atoms with Crippen LogP contribution in [0.5, 0.6) is 0 Å². The third-order valence-corrected chi connectivity index (χ3v) is 3.81. The number of carboxylic acid groups (broad SMARTS) is 1. The lowest BCUT2D eigenvalue weighted by molar-refractivity contribution is 0.197. The number of aromatic nitrogens is 2. The SMILES string of the molecule is NCC1CCC(CN(C(=O)O)c2cccnn2)CC1. The summed E-state index contributed by atoms with van der Waals surface area (Å²) in [6.45, 7) is 1.23. The highest BCUT2D eigenvalue weighted by Crippen LogP contribution is 2.29. The fraction of sp³-hybridized carbons (Fsp3) is 0.615. The summed E-state index contributed by atoms with van der Waals surface area (Å²) in [5.41, 5.74) is 5.67. The lowest BCUT2D eigenvalue weighted by Crippen LogP contribution is -2.36. The van der Waals surface area contributed by atoms with E-state index in [1.807, 2.05) is 0 Å². The molecular weight excluding hydrogens is 244 g/mol. The van der Waals surface area contributed by atoms with E-state index in [2.05, 4.69) is 10.2 Å². The normalized spacial score (nSPS) is 23.0. The van der Waals surface area contributed by atoms with Gasteiger partial charge in [0.15, 0.2) is 5.82 Å². The van der Waals surface area contributed by atoms with Gasteiger partial charge in [-0.1, -0.05) is 0 Å². The summed E-state index contributed by atoms with van der Waals surface area (Å²) in [6.07, 6.45) is 4.82. The number of nitrogens with two attached hydrogens (primary N) is 1. The Balaban J connectivity index is 1.97. The highest BCUT2D eigenvalue weighted by molar-refractivity contribution is 5.84. The quantitative estimate of drug-likeness (QED) is 0.864. The minimum atomic E-state index is -0.971. The highest BCUT2D eigenvalue weighted by atomic mass is 16.4. The van der Waals surface area contributed by atoms with Crippen LogP contribution in [0.2, 0.25) is 0 Å². The molecule has 0 bridgehead atoms. The lowest BCUT2D eigenvalue weighted by atomic mass is 9.82. The van der Waals surface area contributed by atoms with E-state index in [0.717, 1.165) is 32.2 Å². The molecule has 0 atom stereocenters. The molecule has 1 aliphatic rings. The molecule has 1 aromatic rings. The first-order valence-electron chi connectivity index (χ1n) is 6.69. The molecule has 6 heteroatoms. The van der Waals surface area contributed by atoms with Crippen LogP contribution in [-0.4, -0.2) is 34.5 Å². The van der Waals surface area contributed by atoms with Gasteiger partial charge in [0, 0.05) is 12.7 Å². The second kappa shape index (κ2) is 6.47. The zero-order valence-corrected chi connectivity index (χ0v) is 10.9. The standard InChI is InChI=1S/C13H20N4O2/c14-8-10-3-5-11(6-4-10)9-17(13(18)19)12-2-1-7-15-16-12/h1-2,7,10-11H,3-6,8-9,14H2,(H,18,19). The molecule has 0 aromatic carbocycles. The summed E-state index contributed by atoms with van der Waals surface area (Å²) in [5.74, 6) is 1.39. The van der Waals surface area contributed by atoms with Gasteiger partial charge in [-0.15, -0.1) is 5.10 Å². The van der Waals surface area contributed by atoms with E-state index >= 15 is 0 Å². The zero-order valence-electron chi connectivity index (χ0n) is 10.9. The van der Waals surface area contributed by atoms with E-state index in [1.165, 1.54) is 11.1 Å². The van der Waals surface area contributed by atoms with E-state index < -0.39 is 6.09 Å². The monoisotopic (exact) mass is 264 g/mol. The van der Waals surface area contributed by atoms with Crippen molar-refractivity contribution < 1.29 is 9.90 Å². The van der Waals surface area contributed by atoms with Crippen LogP contribution in [0, 0.1) is 11.8 Å². The van der Waals surface area contributed by atoms with Crippen molar-refractivity contribution >= 4 is 11.9 Å². The second-order valence-electron chi connectivity index (χ2n) is 5.10. The molecule has 0 spiro atoms. The topological polar surface area (TPSA) is 92.3 Å². The summed E-state index contributed by atoms with van der Waals surface area (Å²) in [4.78, 5) is 12.6. The van der Waals surface area contributed by atoms with Gasteiger partial charge in [0.1, 0.15) is 0 Å². The van der Waals surface area contributed by atoms with Gasteiger partial charge >= 0.3 is 6.09 Å². The minimum absolute atomic E-state index is 0.390. The van der Waals surface area contributed by atoms with E-state index in [9.17, 15) is 9.90 Å². The Hall–Kier alpha value is -1.69. The zero-order chi connectivity index (χ0) is 13.7. The predicted molar refractivity (Wildman–Crippen MR) is 71.9 cm³/mol. The lowest BCUT2D eigenvalue weighted by Gasteiger charge is -2.30. The first-order chi connectivity index (χ1) is 9.20. The van der Waals surface area contributed by atoms with Crippen LogP contribution < -0.4 is 10.6 Å². The van der Waals surface area contributed by atoms with E-state index in [4.69, 9.17) is 5.73 Å². The number of rotatable bonds is 4. The van der Waals surface area contributed by atoms with Gasteiger partial charge in [-0.3, -0.25) is 4.90 Å². The summed E-state index contributed by atoms with van der Waals surface area (Å²) < 4.78 is 0. The van der Waals surface area contributed by atoms with Crippen LogP contribution in [-0.2, 0) is 0 Å². The van der Waals surface area contributed by atoms with Crippen LogP contribution in [0.25, 0.3) is 0 Å². The minimum Gasteiger partial charge on any atom is -0.465 e. The van der Waals surface area contributed by atoms with Gasteiger partial charge < -0.3 is 10.8 Å². The number of hydrogen-bond donors (Lipinski definition) is 2. The van der Waals surface area contributed by atoms with Crippen LogP contribution in [0.15, 0.2) is 18.3 Å². The second-order valence-corrected chi connectivity index (χ2v) is 5.10. The molecule has 2 rings (SSSR count). The number of amides is 1. The first kappa shape index (κ1) is 13.7. The summed E-state index contributed by atoms with van der Waals surface area (Å²) in [5, 5.41) is 16.9. The fourth-order valence-electron chi connectivity index (χ4n) is 2.61. The maximum Gasteiger partial charge on any atom is 0.413 e. The Morgan fingerprint density at radius 1 is 1.37 bits per heavy atom. The van der Waals surface area contributed by atoms with Gasteiger partial charge in [0.2, 0.25) is 0 Å². The van der Waals surface area contributed by atoms with Gasteiger partial charge in [-0.2, -0.15) is 5.10 Å². The van der Waals surface area contributed by atoms with Crippen LogP contribution in [0.1, 0.15) is 25.7 Å². The average molecular weight is 264 g/mol. The molecule has 1 heterocycles. The van der Waals surface area contributed by atoms with Crippen molar-refractivity contribution in [3.8, 4) is 0 Å². The Morgan fingerprint density at radius 3 is 2.58 bits per heavy atom. The molecule has 3 N–H and O–H groups in total. The largest absolute Gasteiger partial charge is 0.465 e. The maximum absolute atomic E-state index is 11.3. The van der Waals surface area contributed by atoms with Crippen LogP contribution in [0.4, 0.5) is 10.6 Å². The van der Waals surface area contributed by atoms with Crippen molar-refractivity contribution in [1.82, 2.24) is 10.2 Å². The highest BCUT2D eigenvalue weighted by Gasteiger charge is 2.25. The Labute approximate surface area is 112 Å². The van der Waals surface area contributed by atoms with Gasteiger partial charge in [-0.25, -0.2) is 4.79 Å². The Kier molecular flexibility index (Phi) is 4.68. The number of carbonyl (C=O) groups is 1. The van der Waals surface area contributed by atoms with Crippen molar-refractivity contribution in [2.24, 2.45) is 17.6 Å². The van der Waals surface area contributed by atoms with Crippen LogP contribution >= 0.6 is 0 Å². The molecule has 1 amide bonds. The van der Waals surface area contributed by atoms with Gasteiger partial charge in [0.25, 0.3) is 0 Å². The average Bonchev–Trinajstić information content (AvgIpc) is 2.46. The maximum atomic E-state index is 11.3. The molecule has 0 saturated heterocycles. The molecule has 1 saturated carbocycles. The van der Waals surface area contributed by atoms with E-state index in [-0.39, 0.29) is 0 Å². The van der Waals surface area contributed by atoms with Crippen molar-refractivity contribution in [3.05, 3.63) is 18.3 Å². The van der Waals surface area contributed by atoms with Crippen molar-refractivity contribution in [2.75, 3.05) is 18.0 Å². The number of hydrogen-bond acceptors (Lipinski definition) is 4. The van der Waals surface area contributed by atoms with E-state index in [1.54, 1.807) is 12.1 Å². The fourth-order valence-corrected chi connectivity index (χ4v) is 2.61. The predicted octanol–water partition coefficient (Wildman–Crippen LogP) is 1.73. The van der Waals surface area contributed by atoms with Crippen molar-refractivity contribution in [3.63, 3.8) is 0 Å². The number of anilines is 1. The molecule has 0 radical (unpaired) electrons. The van der Waals surface area contributed by atoms with Gasteiger partial charge in [0.05, 0.1) is 0 Å². The molecule has 104 valence electrons. The molecule has 1 aromatic heterocycles. The third-order valence-electron chi connectivity index (χ3n) is 3.81. The molecular formula is C13H20N4O2. The molecule has 19 heavy (non-hydrogen) atoms. The summed E-state index contributed by atoms with van der Waals surface area (Å²) in [6, 6.07) is 3.37. The molecule has 1 aliphatic carbocycles. The Morgan fingerprint density at radius 2 is 2.05 bits per heavy atom. The smallest absolute Gasteiger partial charge is 0.413 e. The molecule has 0 aliphatic heterocycles. The van der Waals surface area contributed by atoms with Crippen molar-refractivity contribution in [2.45, 2.75) is 25.7 Å².